The van der Waals surface area contributed by atoms with Gasteiger partial charge in [-0.15, -0.1) is 0 Å². The molecular formula is C52H75O16Si6Y. The summed E-state index contributed by atoms with van der Waals surface area (Å²) in [5, 5.41) is 16.6. The number of benzene rings is 4. The Labute approximate surface area is 475 Å². The van der Waals surface area contributed by atoms with Crippen LogP contribution in [0.25, 0.3) is 0 Å². The number of ether oxygens (including phenoxy) is 2. The average molecular weight is 1210 g/mol. The minimum absolute atomic E-state index is 0. The minimum Gasteiger partial charge on any atom is -0.475 e. The van der Waals surface area contributed by atoms with Crippen molar-refractivity contribution in [1.82, 2.24) is 0 Å². The quantitative estimate of drug-likeness (QED) is 0.0287. The largest absolute Gasteiger partial charge is 0.475 e. The fourth-order valence-corrected chi connectivity index (χ4v) is 26.6. The third-order valence-electron chi connectivity index (χ3n) is 8.99. The summed E-state index contributed by atoms with van der Waals surface area (Å²) in [6.07, 6.45) is 1.20. The van der Waals surface area contributed by atoms with Crippen LogP contribution in [0.1, 0.15) is 54.3 Å². The van der Waals surface area contributed by atoms with Gasteiger partial charge in [0, 0.05) is 60.9 Å². The van der Waals surface area contributed by atoms with E-state index in [1.807, 2.05) is 0 Å². The average Bonchev–Trinajstić information content (AvgIpc) is 3.30. The van der Waals surface area contributed by atoms with Crippen LogP contribution in [0.4, 0.5) is 0 Å². The summed E-state index contributed by atoms with van der Waals surface area (Å²) in [6.45, 7) is 30.0. The van der Waals surface area contributed by atoms with Crippen molar-refractivity contribution in [2.45, 2.75) is 111 Å². The molecule has 0 unspecified atom stereocenters. The summed E-state index contributed by atoms with van der Waals surface area (Å²) >= 11 is 0. The Morgan fingerprint density at radius 2 is 0.707 bits per heavy atom. The van der Waals surface area contributed by atoms with E-state index in [-0.39, 0.29) is 68.2 Å². The van der Waals surface area contributed by atoms with Crippen molar-refractivity contribution in [3.05, 3.63) is 144 Å². The van der Waals surface area contributed by atoms with E-state index < -0.39 is 104 Å². The molecule has 0 aliphatic carbocycles. The molecule has 4 aromatic rings. The summed E-state index contributed by atoms with van der Waals surface area (Å²) in [4.78, 5) is 91.6. The van der Waals surface area contributed by atoms with Crippen LogP contribution in [0, 0.1) is 5.92 Å². The van der Waals surface area contributed by atoms with Crippen molar-refractivity contribution in [2.24, 2.45) is 5.92 Å². The van der Waals surface area contributed by atoms with E-state index in [9.17, 15) is 38.4 Å². The van der Waals surface area contributed by atoms with Crippen molar-refractivity contribution in [2.75, 3.05) is 13.2 Å². The van der Waals surface area contributed by atoms with Crippen LogP contribution in [-0.4, -0.2) is 122 Å². The number of hydrogen-bond donors (Lipinski definition) is 2. The van der Waals surface area contributed by atoms with E-state index in [4.69, 9.17) is 36.1 Å². The number of esters is 2. The standard InChI is InChI=1S/C29H42O8Si3.2C8H6O3.C7H21O2Si3.Y/c1-38(2,3)36-40(7,37-39(4,5)6)20-14-15-23(21-34-28(32)26(30)24-16-10-8-11-17-24)22-35-29(33)27(31)25-18-12-9-13-19-25;2*9-7(8(10)11)6-4-2-1-3-5-6;1-10(8-11(2,3)4)9-12(5,6)7;/h8-13,16-19,23H,14-15,20-22H2,1-7H3;2*1-5H,(H,10,11);1-7H3;. The number of ketones is 4. The van der Waals surface area contributed by atoms with Crippen LogP contribution in [0.5, 0.6) is 0 Å². The summed E-state index contributed by atoms with van der Waals surface area (Å²) in [6, 6.07) is 32.8. The zero-order valence-corrected chi connectivity index (χ0v) is 54.7. The molecule has 0 aliphatic heterocycles. The van der Waals surface area contributed by atoms with Crippen molar-refractivity contribution < 1.29 is 107 Å². The van der Waals surface area contributed by atoms with E-state index in [0.717, 1.165) is 0 Å². The fraction of sp³-hybridized carbons (Fsp3) is 0.385. The number of carbonyl (C=O) groups is 8. The first kappa shape index (κ1) is 70.7. The molecule has 0 aliphatic rings. The first-order chi connectivity index (χ1) is 34.1. The number of rotatable bonds is 24. The van der Waals surface area contributed by atoms with E-state index in [0.29, 0.717) is 18.9 Å². The number of carboxylic acid groups (broad SMARTS) is 2. The van der Waals surface area contributed by atoms with E-state index in [1.54, 1.807) is 97.1 Å². The first-order valence-electron chi connectivity index (χ1n) is 23.9. The Kier molecular flexibility index (Phi) is 31.8. The number of carbonyl (C=O) groups excluding carboxylic acids is 6. The van der Waals surface area contributed by atoms with Gasteiger partial charge in [0.15, 0.2) is 33.3 Å². The second-order valence-corrected chi connectivity index (χ2v) is 44.7. The van der Waals surface area contributed by atoms with Crippen molar-refractivity contribution in [3.8, 4) is 0 Å². The molecule has 0 saturated heterocycles. The Balaban J connectivity index is 0.00000125. The molecule has 75 heavy (non-hydrogen) atoms. The summed E-state index contributed by atoms with van der Waals surface area (Å²) in [5.41, 5.74) is 0.885. The van der Waals surface area contributed by atoms with Gasteiger partial charge < -0.3 is 36.1 Å². The third kappa shape index (κ3) is 32.8. The predicted octanol–water partition coefficient (Wildman–Crippen LogP) is 10.7. The van der Waals surface area contributed by atoms with Gasteiger partial charge in [0.05, 0.1) is 13.2 Å². The summed E-state index contributed by atoms with van der Waals surface area (Å²) in [7, 11) is -9.99. The molecule has 2 N–H and O–H groups in total. The molecule has 4 rings (SSSR count). The maximum Gasteiger partial charge on any atom is 0.379 e. The number of hydrogen-bond acceptors (Lipinski definition) is 14. The van der Waals surface area contributed by atoms with Gasteiger partial charge in [0.2, 0.25) is 0 Å². The van der Waals surface area contributed by atoms with Crippen molar-refractivity contribution in [3.63, 3.8) is 0 Å². The van der Waals surface area contributed by atoms with E-state index in [1.165, 1.54) is 24.3 Å². The Morgan fingerprint density at radius 1 is 0.440 bits per heavy atom. The monoisotopic (exact) mass is 1210 g/mol. The molecule has 0 fully saturated rings. The minimum atomic E-state index is -2.50. The van der Waals surface area contributed by atoms with Crippen LogP contribution in [0.2, 0.25) is 97.7 Å². The van der Waals surface area contributed by atoms with Gasteiger partial charge in [0.1, 0.15) is 0 Å². The van der Waals surface area contributed by atoms with Crippen molar-refractivity contribution in [1.29, 1.82) is 0 Å². The van der Waals surface area contributed by atoms with Gasteiger partial charge in [-0.25, -0.2) is 19.2 Å². The van der Waals surface area contributed by atoms with Crippen LogP contribution in [0.15, 0.2) is 121 Å². The molecule has 4 aromatic carbocycles. The number of carboxylic acids is 2. The van der Waals surface area contributed by atoms with Gasteiger partial charge in [-0.2, -0.15) is 0 Å². The smallest absolute Gasteiger partial charge is 0.379 e. The van der Waals surface area contributed by atoms with E-state index in [2.05, 4.69) is 91.7 Å². The molecule has 0 bridgehead atoms. The Hall–Kier alpha value is -4.31. The molecule has 0 atom stereocenters. The van der Waals surface area contributed by atoms with Gasteiger partial charge in [-0.3, -0.25) is 19.2 Å². The molecule has 406 valence electrons. The SMILES string of the molecule is C[Si](C)(C)O[Si](C)(CCCC(COC(=O)C(=O)c1ccccc1)COC(=O)C(=O)c1ccccc1)O[Si](C)(C)C.C[Si](O[Si](C)(C)C)O[Si](C)(C)C.O=C(O)C(=O)c1ccccc1.O=C(O)C(=O)c1ccccc1.[Y]. The van der Waals surface area contributed by atoms with Crippen LogP contribution in [-0.2, 0) is 77.8 Å². The Morgan fingerprint density at radius 3 is 0.947 bits per heavy atom. The third-order valence-corrected chi connectivity index (χ3v) is 25.8. The molecule has 0 amide bonds. The molecule has 0 aromatic heterocycles. The maximum atomic E-state index is 12.5. The van der Waals surface area contributed by atoms with Gasteiger partial charge in [0.25, 0.3) is 23.1 Å². The molecule has 23 heteroatoms. The second-order valence-electron chi connectivity index (χ2n) is 20.8. The van der Waals surface area contributed by atoms with Crippen LogP contribution in [0.3, 0.4) is 0 Å². The zero-order chi connectivity index (χ0) is 56.5. The number of aliphatic carboxylic acids is 2. The van der Waals surface area contributed by atoms with Gasteiger partial charge in [-0.05, 0) is 104 Å². The van der Waals surface area contributed by atoms with E-state index >= 15 is 0 Å². The molecule has 16 nitrogen and oxygen atoms in total. The molecular weight excluding hydrogens is 1140 g/mol. The first-order valence-corrected chi connectivity index (χ1v) is 41.9. The maximum absolute atomic E-state index is 12.5. The second kappa shape index (κ2) is 33.8. The van der Waals surface area contributed by atoms with Crippen molar-refractivity contribution >= 4 is 98.1 Å². The predicted molar refractivity (Wildman–Crippen MR) is 299 cm³/mol. The summed E-state index contributed by atoms with van der Waals surface area (Å²) in [5.74, 6) is -8.46. The summed E-state index contributed by atoms with van der Waals surface area (Å²) < 4.78 is 35.6. The van der Waals surface area contributed by atoms with Crippen LogP contribution >= 0.6 is 0 Å². The zero-order valence-electron chi connectivity index (χ0n) is 45.8. The fourth-order valence-electron chi connectivity index (χ4n) is 6.59. The normalized spacial score (nSPS) is 11.4. The Bertz CT molecular complexity index is 2260. The molecule has 0 spiro atoms. The van der Waals surface area contributed by atoms with Gasteiger partial charge in [-0.1, -0.05) is 128 Å². The molecule has 0 heterocycles. The topological polar surface area (TPSA) is 232 Å². The number of Topliss-reactive ketones (excluding diaryl/α,β-unsaturated/α-hetero) is 4. The van der Waals surface area contributed by atoms with Gasteiger partial charge >= 0.3 is 41.7 Å². The molecule has 0 saturated carbocycles. The molecule has 2 radical (unpaired) electrons. The van der Waals surface area contributed by atoms with Crippen LogP contribution < -0.4 is 0 Å².